The van der Waals surface area contributed by atoms with E-state index in [0.29, 0.717) is 45.4 Å². The number of nitrogens with one attached hydrogen (secondary N) is 2. The molecule has 0 saturated heterocycles. The molecule has 0 fully saturated rings. The molecular weight excluding hydrogens is 424 g/mol. The third kappa shape index (κ3) is 5.15. The Kier molecular flexibility index (Phi) is 6.60. The molecule has 1 aromatic heterocycles. The maximum Gasteiger partial charge on any atom is 0.319 e. The number of anilines is 1. The molecule has 4 rings (SSSR count). The number of carbonyl (C=O) groups is 1. The van der Waals surface area contributed by atoms with Crippen molar-refractivity contribution in [3.05, 3.63) is 84.4 Å². The van der Waals surface area contributed by atoms with Gasteiger partial charge in [-0.1, -0.05) is 25.1 Å². The zero-order valence-corrected chi connectivity index (χ0v) is 18.0. The molecule has 0 aliphatic carbocycles. The molecule has 0 bridgehead atoms. The van der Waals surface area contributed by atoms with Gasteiger partial charge in [0, 0.05) is 34.3 Å². The molecule has 168 valence electrons. The fraction of sp³-hybridized carbons (Fsp3) is 0.154. The van der Waals surface area contributed by atoms with Gasteiger partial charge in [0.1, 0.15) is 11.6 Å². The van der Waals surface area contributed by atoms with Crippen LogP contribution in [0.3, 0.4) is 0 Å². The Morgan fingerprint density at radius 2 is 1.76 bits per heavy atom. The highest BCUT2D eigenvalue weighted by Gasteiger charge is 2.15. The fourth-order valence-corrected chi connectivity index (χ4v) is 3.50. The van der Waals surface area contributed by atoms with Crippen molar-refractivity contribution in [1.82, 2.24) is 10.3 Å². The van der Waals surface area contributed by atoms with Gasteiger partial charge in [-0.15, -0.1) is 0 Å². The van der Waals surface area contributed by atoms with E-state index in [1.54, 1.807) is 48.5 Å². The van der Waals surface area contributed by atoms with Crippen LogP contribution in [-0.2, 0) is 0 Å². The predicted octanol–water partition coefficient (Wildman–Crippen LogP) is 5.74. The number of hydrogen-bond acceptors (Lipinski definition) is 3. The summed E-state index contributed by atoms with van der Waals surface area (Å²) in [6.45, 7) is 1.98. The lowest BCUT2D eigenvalue weighted by atomic mass is 9.97. The van der Waals surface area contributed by atoms with Crippen molar-refractivity contribution in [3.8, 4) is 22.4 Å². The number of aromatic nitrogens is 1. The summed E-state index contributed by atoms with van der Waals surface area (Å²) in [6, 6.07) is 18.9. The number of aliphatic hydroxyl groups is 1. The molecule has 3 aromatic carbocycles. The van der Waals surface area contributed by atoms with Crippen LogP contribution in [0.25, 0.3) is 33.3 Å². The number of rotatable bonds is 6. The van der Waals surface area contributed by atoms with E-state index < -0.39 is 18.0 Å². The summed E-state index contributed by atoms with van der Waals surface area (Å²) >= 11 is 0. The highest BCUT2D eigenvalue weighted by Crippen LogP contribution is 2.35. The van der Waals surface area contributed by atoms with Gasteiger partial charge in [0.25, 0.3) is 0 Å². The molecular formula is C26H23F2N3O2. The summed E-state index contributed by atoms with van der Waals surface area (Å²) < 4.78 is 28.2. The average molecular weight is 447 g/mol. The first-order valence-electron chi connectivity index (χ1n) is 10.6. The van der Waals surface area contributed by atoms with E-state index in [2.05, 4.69) is 10.6 Å². The Morgan fingerprint density at radius 3 is 2.48 bits per heavy atom. The number of nitrogens with zero attached hydrogens (tertiary/aromatic N) is 1. The maximum atomic E-state index is 14.7. The number of fused-ring (bicyclic) bond motifs is 1. The first-order valence-corrected chi connectivity index (χ1v) is 10.6. The molecule has 2 amide bonds. The van der Waals surface area contributed by atoms with Crippen LogP contribution in [-0.4, -0.2) is 28.8 Å². The second-order valence-electron chi connectivity index (χ2n) is 7.68. The summed E-state index contributed by atoms with van der Waals surface area (Å²) in [4.78, 5) is 16.9. The molecule has 1 atom stereocenters. The highest BCUT2D eigenvalue weighted by atomic mass is 19.1. The van der Waals surface area contributed by atoms with E-state index in [4.69, 9.17) is 4.98 Å². The minimum atomic E-state index is -0.607. The molecule has 1 unspecified atom stereocenters. The first-order chi connectivity index (χ1) is 15.9. The topological polar surface area (TPSA) is 74.2 Å². The van der Waals surface area contributed by atoms with E-state index >= 15 is 0 Å². The van der Waals surface area contributed by atoms with Crippen molar-refractivity contribution in [1.29, 1.82) is 0 Å². The Hall–Kier alpha value is -3.84. The van der Waals surface area contributed by atoms with Crippen molar-refractivity contribution in [3.63, 3.8) is 0 Å². The number of urea groups is 1. The molecule has 7 heteroatoms. The Labute approximate surface area is 190 Å². The summed E-state index contributed by atoms with van der Waals surface area (Å²) in [5.74, 6) is -0.766. The number of pyridine rings is 1. The van der Waals surface area contributed by atoms with Gasteiger partial charge >= 0.3 is 6.03 Å². The lowest BCUT2D eigenvalue weighted by molar-refractivity contribution is 0.168. The van der Waals surface area contributed by atoms with Gasteiger partial charge in [0.15, 0.2) is 0 Å². The largest absolute Gasteiger partial charge is 0.391 e. The van der Waals surface area contributed by atoms with Gasteiger partial charge in [-0.25, -0.2) is 18.6 Å². The van der Waals surface area contributed by atoms with Crippen molar-refractivity contribution in [2.45, 2.75) is 19.4 Å². The Balaban J connectivity index is 1.75. The Bertz CT molecular complexity index is 1290. The average Bonchev–Trinajstić information content (AvgIpc) is 2.82. The van der Waals surface area contributed by atoms with Gasteiger partial charge in [-0.3, -0.25) is 0 Å². The molecule has 0 aliphatic heterocycles. The summed E-state index contributed by atoms with van der Waals surface area (Å²) in [6.07, 6.45) is -0.0679. The molecule has 4 aromatic rings. The van der Waals surface area contributed by atoms with Gasteiger partial charge < -0.3 is 15.7 Å². The molecule has 3 N–H and O–H groups in total. The van der Waals surface area contributed by atoms with E-state index in [-0.39, 0.29) is 12.4 Å². The van der Waals surface area contributed by atoms with Crippen LogP contribution in [0, 0.1) is 11.6 Å². The van der Waals surface area contributed by atoms with Crippen molar-refractivity contribution < 1.29 is 18.7 Å². The zero-order chi connectivity index (χ0) is 23.4. The van der Waals surface area contributed by atoms with Crippen LogP contribution < -0.4 is 10.6 Å². The van der Waals surface area contributed by atoms with Crippen molar-refractivity contribution >= 4 is 22.6 Å². The van der Waals surface area contributed by atoms with Gasteiger partial charge in [0.2, 0.25) is 0 Å². The monoisotopic (exact) mass is 447 g/mol. The minimum Gasteiger partial charge on any atom is -0.391 e. The lowest BCUT2D eigenvalue weighted by Crippen LogP contribution is -2.34. The smallest absolute Gasteiger partial charge is 0.319 e. The Morgan fingerprint density at radius 1 is 1.00 bits per heavy atom. The predicted molar refractivity (Wildman–Crippen MR) is 126 cm³/mol. The van der Waals surface area contributed by atoms with E-state index in [0.717, 1.165) is 0 Å². The third-order valence-electron chi connectivity index (χ3n) is 5.32. The maximum absolute atomic E-state index is 14.7. The van der Waals surface area contributed by atoms with Gasteiger partial charge in [0.05, 0.1) is 17.3 Å². The molecule has 0 spiro atoms. The van der Waals surface area contributed by atoms with Crippen LogP contribution in [0.4, 0.5) is 19.3 Å². The summed E-state index contributed by atoms with van der Waals surface area (Å²) in [7, 11) is 0. The molecule has 0 saturated carbocycles. The molecule has 5 nitrogen and oxygen atoms in total. The third-order valence-corrected chi connectivity index (χ3v) is 5.32. The van der Waals surface area contributed by atoms with Gasteiger partial charge in [-0.05, 0) is 61.0 Å². The summed E-state index contributed by atoms with van der Waals surface area (Å²) in [5.41, 5.74) is 3.28. The van der Waals surface area contributed by atoms with Crippen LogP contribution in [0.1, 0.15) is 13.3 Å². The second-order valence-corrected chi connectivity index (χ2v) is 7.68. The molecule has 33 heavy (non-hydrogen) atoms. The lowest BCUT2D eigenvalue weighted by Gasteiger charge is -2.14. The normalized spacial score (nSPS) is 11.9. The highest BCUT2D eigenvalue weighted by molar-refractivity contribution is 5.96. The quantitative estimate of drug-likeness (QED) is 0.353. The first kappa shape index (κ1) is 22.4. The standard InChI is InChI=1S/C26H23F2N3O2/c1-2-20(32)15-29-26(33)30-19-11-12-24-17(13-19)14-22(21-5-3-4-6-23(21)28)25(31-24)16-7-9-18(27)10-8-16/h3-14,20,32H,2,15H2,1H3,(H2,29,30,33). The molecule has 1 heterocycles. The fourth-order valence-electron chi connectivity index (χ4n) is 3.50. The van der Waals surface area contributed by atoms with Crippen LogP contribution >= 0.6 is 0 Å². The second kappa shape index (κ2) is 9.75. The van der Waals surface area contributed by atoms with Crippen molar-refractivity contribution in [2.24, 2.45) is 0 Å². The van der Waals surface area contributed by atoms with E-state index in [9.17, 15) is 18.7 Å². The van der Waals surface area contributed by atoms with E-state index in [1.165, 1.54) is 18.2 Å². The number of carbonyl (C=O) groups excluding carboxylic acids is 1. The van der Waals surface area contributed by atoms with Crippen molar-refractivity contribution in [2.75, 3.05) is 11.9 Å². The minimum absolute atomic E-state index is 0.149. The number of aliphatic hydroxyl groups excluding tert-OH is 1. The summed E-state index contributed by atoms with van der Waals surface area (Å²) in [5, 5.41) is 15.7. The van der Waals surface area contributed by atoms with E-state index in [1.807, 2.05) is 13.0 Å². The van der Waals surface area contributed by atoms with Crippen LogP contribution in [0.15, 0.2) is 72.8 Å². The zero-order valence-electron chi connectivity index (χ0n) is 18.0. The molecule has 0 radical (unpaired) electrons. The number of benzene rings is 3. The van der Waals surface area contributed by atoms with Crippen LogP contribution in [0.5, 0.6) is 0 Å². The number of halogens is 2. The SMILES string of the molecule is CCC(O)CNC(=O)Nc1ccc2nc(-c3ccc(F)cc3)c(-c3ccccc3F)cc2c1. The number of amides is 2. The number of hydrogen-bond donors (Lipinski definition) is 3. The molecule has 0 aliphatic rings. The van der Waals surface area contributed by atoms with Gasteiger partial charge in [-0.2, -0.15) is 0 Å². The van der Waals surface area contributed by atoms with Crippen LogP contribution in [0.2, 0.25) is 0 Å².